The molecule has 0 aliphatic carbocycles. The molecule has 3 aromatic rings. The van der Waals surface area contributed by atoms with Crippen LogP contribution in [0.3, 0.4) is 0 Å². The first-order chi connectivity index (χ1) is 18.4. The number of benzene rings is 2. The summed E-state index contributed by atoms with van der Waals surface area (Å²) in [5.74, 6) is 0.709. The van der Waals surface area contributed by atoms with Gasteiger partial charge in [0.15, 0.2) is 0 Å². The van der Waals surface area contributed by atoms with E-state index in [9.17, 15) is 18.3 Å². The number of sulfonamides is 1. The highest BCUT2D eigenvalue weighted by Crippen LogP contribution is 2.32. The lowest BCUT2D eigenvalue weighted by molar-refractivity contribution is -0.118. The lowest BCUT2D eigenvalue weighted by Crippen LogP contribution is -2.22. The predicted molar refractivity (Wildman–Crippen MR) is 150 cm³/mol. The summed E-state index contributed by atoms with van der Waals surface area (Å²) >= 11 is 0. The number of carbonyl (C=O) groups is 1. The Balaban J connectivity index is 1.37. The molecule has 4 rings (SSSR count). The van der Waals surface area contributed by atoms with Crippen LogP contribution in [0.4, 0.5) is 0 Å². The summed E-state index contributed by atoms with van der Waals surface area (Å²) < 4.78 is 38.1. The molecular weight excluding hydrogens is 516 g/mol. The molecular formula is C30H36N2O6S. The third-order valence-electron chi connectivity index (χ3n) is 6.74. The van der Waals surface area contributed by atoms with E-state index in [4.69, 9.17) is 9.47 Å². The molecule has 9 heteroatoms. The lowest BCUT2D eigenvalue weighted by atomic mass is 9.95. The van der Waals surface area contributed by atoms with Crippen molar-refractivity contribution in [3.63, 3.8) is 0 Å². The van der Waals surface area contributed by atoms with E-state index in [2.05, 4.69) is 17.1 Å². The van der Waals surface area contributed by atoms with Gasteiger partial charge in [-0.3, -0.25) is 9.52 Å². The maximum atomic E-state index is 12.1. The molecule has 1 unspecified atom stereocenters. The Hall–Kier alpha value is -3.43. The number of amides is 1. The molecule has 1 aliphatic heterocycles. The average molecular weight is 553 g/mol. The zero-order valence-corrected chi connectivity index (χ0v) is 23.6. The molecule has 1 aromatic heterocycles. The van der Waals surface area contributed by atoms with Crippen molar-refractivity contribution in [2.45, 2.75) is 70.3 Å². The van der Waals surface area contributed by atoms with Gasteiger partial charge in [0.25, 0.3) is 0 Å². The van der Waals surface area contributed by atoms with Crippen molar-refractivity contribution in [1.82, 2.24) is 9.71 Å². The molecule has 1 saturated heterocycles. The number of rotatable bonds is 11. The van der Waals surface area contributed by atoms with Crippen LogP contribution in [0.2, 0.25) is 0 Å². The number of aromatic nitrogens is 1. The zero-order valence-electron chi connectivity index (χ0n) is 22.8. The zero-order chi connectivity index (χ0) is 28.2. The van der Waals surface area contributed by atoms with Crippen molar-refractivity contribution in [2.24, 2.45) is 0 Å². The number of carbonyl (C=O) groups excluding carboxylic acids is 1. The normalized spacial score (nSPS) is 17.5. The van der Waals surface area contributed by atoms with E-state index in [1.54, 1.807) is 38.1 Å². The lowest BCUT2D eigenvalue weighted by Gasteiger charge is -2.18. The third kappa shape index (κ3) is 7.58. The smallest absolute Gasteiger partial charge is 0.242 e. The number of aliphatic hydroxyl groups is 1. The fraction of sp³-hybridized carbons (Fsp3) is 0.400. The second kappa shape index (κ2) is 11.8. The van der Waals surface area contributed by atoms with Crippen LogP contribution >= 0.6 is 0 Å². The molecule has 1 aliphatic rings. The molecule has 8 nitrogen and oxygen atoms in total. The van der Waals surface area contributed by atoms with E-state index >= 15 is 0 Å². The molecule has 2 atom stereocenters. The van der Waals surface area contributed by atoms with Gasteiger partial charge in [0, 0.05) is 23.7 Å². The largest absolute Gasteiger partial charge is 0.491 e. The number of ether oxygens (including phenoxy) is 2. The second-order valence-corrected chi connectivity index (χ2v) is 12.5. The molecule has 0 saturated carbocycles. The first-order valence-corrected chi connectivity index (χ1v) is 14.7. The molecule has 2 heterocycles. The minimum Gasteiger partial charge on any atom is -0.491 e. The summed E-state index contributed by atoms with van der Waals surface area (Å²) in [4.78, 5) is 16.1. The molecule has 1 fully saturated rings. The highest BCUT2D eigenvalue weighted by molar-refractivity contribution is 7.90. The molecule has 208 valence electrons. The SMILES string of the molecule is Cc1nc(OCCC(C)(C)O)ccc1-c1ccccc1CC[C@H](C)Oc1ccc(C2CC(=O)NS2(=O)=O)cc1. The van der Waals surface area contributed by atoms with Crippen molar-refractivity contribution in [1.29, 1.82) is 0 Å². The van der Waals surface area contributed by atoms with Crippen molar-refractivity contribution >= 4 is 15.9 Å². The number of nitrogens with one attached hydrogen (secondary N) is 1. The predicted octanol–water partition coefficient (Wildman–Crippen LogP) is 4.89. The van der Waals surface area contributed by atoms with Gasteiger partial charge in [0.1, 0.15) is 11.0 Å². The van der Waals surface area contributed by atoms with Gasteiger partial charge in [-0.2, -0.15) is 0 Å². The first-order valence-electron chi connectivity index (χ1n) is 13.1. The Morgan fingerprint density at radius 2 is 1.79 bits per heavy atom. The van der Waals surface area contributed by atoms with E-state index in [0.29, 0.717) is 30.2 Å². The van der Waals surface area contributed by atoms with Gasteiger partial charge in [-0.05, 0) is 75.4 Å². The highest BCUT2D eigenvalue weighted by Gasteiger charge is 2.37. The topological polar surface area (TPSA) is 115 Å². The number of aryl methyl sites for hydroxylation is 2. The fourth-order valence-corrected chi connectivity index (χ4v) is 6.00. The fourth-order valence-electron chi connectivity index (χ4n) is 4.57. The third-order valence-corrected chi connectivity index (χ3v) is 8.44. The summed E-state index contributed by atoms with van der Waals surface area (Å²) in [6, 6.07) is 19.0. The molecule has 0 spiro atoms. The minimum absolute atomic E-state index is 0.0643. The quantitative estimate of drug-likeness (QED) is 0.348. The summed E-state index contributed by atoms with van der Waals surface area (Å²) in [5, 5.41) is 9.02. The Kier molecular flexibility index (Phi) is 8.61. The first kappa shape index (κ1) is 28.6. The van der Waals surface area contributed by atoms with Crippen molar-refractivity contribution in [3.05, 3.63) is 77.5 Å². The maximum Gasteiger partial charge on any atom is 0.242 e. The highest BCUT2D eigenvalue weighted by atomic mass is 32.2. The van der Waals surface area contributed by atoms with E-state index < -0.39 is 26.8 Å². The summed E-state index contributed by atoms with van der Waals surface area (Å²) in [5.41, 5.74) is 4.00. The maximum absolute atomic E-state index is 12.1. The van der Waals surface area contributed by atoms with Gasteiger partial charge in [-0.25, -0.2) is 13.4 Å². The molecule has 2 aromatic carbocycles. The number of nitrogens with zero attached hydrogens (tertiary/aromatic N) is 1. The summed E-state index contributed by atoms with van der Waals surface area (Å²) in [7, 11) is -3.67. The standard InChI is InChI=1S/C30H36N2O6S/c1-20(38-24-13-11-23(12-14-24)27-19-28(33)32-39(27,35)36)9-10-22-7-5-6-8-26(22)25-15-16-29(31-21(25)2)37-18-17-30(3,4)34/h5-8,11-16,20,27,34H,9-10,17-19H2,1-4H3,(H,32,33)/t20-,27?/m0/s1. The molecule has 0 radical (unpaired) electrons. The van der Waals surface area contributed by atoms with Crippen LogP contribution in [0.1, 0.15) is 62.1 Å². The van der Waals surface area contributed by atoms with Crippen molar-refractivity contribution in [3.8, 4) is 22.8 Å². The summed E-state index contributed by atoms with van der Waals surface area (Å²) in [6.45, 7) is 7.87. The van der Waals surface area contributed by atoms with Crippen molar-refractivity contribution < 1.29 is 27.8 Å². The Morgan fingerprint density at radius 3 is 2.44 bits per heavy atom. The Morgan fingerprint density at radius 1 is 1.08 bits per heavy atom. The minimum atomic E-state index is -3.67. The molecule has 2 N–H and O–H groups in total. The van der Waals surface area contributed by atoms with Gasteiger partial charge in [0.05, 0.1) is 24.7 Å². The molecule has 0 bridgehead atoms. The van der Waals surface area contributed by atoms with Gasteiger partial charge in [-0.1, -0.05) is 36.4 Å². The Labute approximate surface area is 230 Å². The average Bonchev–Trinajstić information content (AvgIpc) is 3.14. The van der Waals surface area contributed by atoms with Gasteiger partial charge < -0.3 is 14.6 Å². The molecule has 39 heavy (non-hydrogen) atoms. The Bertz CT molecular complexity index is 1410. The van der Waals surface area contributed by atoms with Crippen LogP contribution in [0.5, 0.6) is 11.6 Å². The van der Waals surface area contributed by atoms with E-state index in [-0.39, 0.29) is 12.5 Å². The van der Waals surface area contributed by atoms with Crippen LogP contribution in [0.25, 0.3) is 11.1 Å². The number of pyridine rings is 1. The molecule has 1 amide bonds. The second-order valence-electron chi connectivity index (χ2n) is 10.6. The van der Waals surface area contributed by atoms with Crippen LogP contribution in [0, 0.1) is 6.92 Å². The van der Waals surface area contributed by atoms with Crippen LogP contribution in [0.15, 0.2) is 60.7 Å². The number of hydrogen-bond acceptors (Lipinski definition) is 7. The van der Waals surface area contributed by atoms with Crippen LogP contribution < -0.4 is 14.2 Å². The van der Waals surface area contributed by atoms with Crippen LogP contribution in [-0.2, 0) is 21.2 Å². The van der Waals surface area contributed by atoms with E-state index in [0.717, 1.165) is 29.7 Å². The number of hydrogen-bond donors (Lipinski definition) is 2. The van der Waals surface area contributed by atoms with Gasteiger partial charge in [0.2, 0.25) is 21.8 Å². The van der Waals surface area contributed by atoms with Gasteiger partial charge in [-0.15, -0.1) is 0 Å². The van der Waals surface area contributed by atoms with E-state index in [1.807, 2.05) is 42.8 Å². The monoisotopic (exact) mass is 552 g/mol. The van der Waals surface area contributed by atoms with Crippen molar-refractivity contribution in [2.75, 3.05) is 6.61 Å². The van der Waals surface area contributed by atoms with Gasteiger partial charge >= 0.3 is 0 Å². The summed E-state index contributed by atoms with van der Waals surface area (Å²) in [6.07, 6.45) is 1.95. The van der Waals surface area contributed by atoms with E-state index in [1.165, 1.54) is 5.56 Å². The van der Waals surface area contributed by atoms with Crippen LogP contribution in [-0.4, -0.2) is 42.7 Å².